The lowest BCUT2D eigenvalue weighted by molar-refractivity contribution is -0.120. The van der Waals surface area contributed by atoms with Crippen molar-refractivity contribution in [3.8, 4) is 11.5 Å². The minimum atomic E-state index is -0.338. The second kappa shape index (κ2) is 8.20. The van der Waals surface area contributed by atoms with Gasteiger partial charge in [-0.2, -0.15) is 0 Å². The van der Waals surface area contributed by atoms with Crippen molar-refractivity contribution in [2.45, 2.75) is 0 Å². The van der Waals surface area contributed by atoms with Gasteiger partial charge in [-0.3, -0.25) is 9.59 Å². The molecule has 2 aromatic carbocycles. The highest BCUT2D eigenvalue weighted by atomic mass is 16.5. The standard InChI is InChI=1S/C23H25N3O4/c1-24-9-11-25(12-10-24)21-20(16-7-5-4-6-8-16)22(27)26(23(21)28)17-13-18(29-2)15-19(14-17)30-3/h4-8,13-15H,9-12H2,1-3H3. The van der Waals surface area contributed by atoms with E-state index in [1.807, 2.05) is 35.2 Å². The Kier molecular flexibility index (Phi) is 5.46. The Labute approximate surface area is 176 Å². The first-order chi connectivity index (χ1) is 14.5. The van der Waals surface area contributed by atoms with E-state index < -0.39 is 0 Å². The fourth-order valence-electron chi connectivity index (χ4n) is 3.86. The minimum absolute atomic E-state index is 0.321. The number of imide groups is 1. The van der Waals surface area contributed by atoms with E-state index in [-0.39, 0.29) is 11.8 Å². The van der Waals surface area contributed by atoms with Crippen LogP contribution in [0, 0.1) is 0 Å². The summed E-state index contributed by atoms with van der Waals surface area (Å²) in [6.07, 6.45) is 0. The van der Waals surface area contributed by atoms with E-state index in [2.05, 4.69) is 11.9 Å². The summed E-state index contributed by atoms with van der Waals surface area (Å²) < 4.78 is 10.7. The van der Waals surface area contributed by atoms with Crippen LogP contribution in [0.5, 0.6) is 11.5 Å². The highest BCUT2D eigenvalue weighted by molar-refractivity contribution is 6.45. The van der Waals surface area contributed by atoms with Gasteiger partial charge in [-0.25, -0.2) is 4.90 Å². The molecule has 0 saturated carbocycles. The van der Waals surface area contributed by atoms with Crippen molar-refractivity contribution in [1.82, 2.24) is 9.80 Å². The van der Waals surface area contributed by atoms with Crippen molar-refractivity contribution in [2.75, 3.05) is 52.3 Å². The van der Waals surface area contributed by atoms with Gasteiger partial charge in [-0.1, -0.05) is 30.3 Å². The molecule has 0 radical (unpaired) electrons. The molecule has 4 rings (SSSR count). The fourth-order valence-corrected chi connectivity index (χ4v) is 3.86. The first-order valence-electron chi connectivity index (χ1n) is 9.88. The minimum Gasteiger partial charge on any atom is -0.497 e. The van der Waals surface area contributed by atoms with E-state index in [0.29, 0.717) is 41.5 Å². The third-order valence-corrected chi connectivity index (χ3v) is 5.54. The first kappa shape index (κ1) is 20.0. The molecule has 30 heavy (non-hydrogen) atoms. The molecule has 7 nitrogen and oxygen atoms in total. The molecule has 1 fully saturated rings. The van der Waals surface area contributed by atoms with Crippen LogP contribution >= 0.6 is 0 Å². The summed E-state index contributed by atoms with van der Waals surface area (Å²) >= 11 is 0. The summed E-state index contributed by atoms with van der Waals surface area (Å²) in [5, 5.41) is 0. The molecule has 2 aliphatic heterocycles. The average Bonchev–Trinajstić information content (AvgIpc) is 3.04. The third-order valence-electron chi connectivity index (χ3n) is 5.54. The molecule has 2 aromatic rings. The number of amides is 2. The Morgan fingerprint density at radius 1 is 0.800 bits per heavy atom. The van der Waals surface area contributed by atoms with Gasteiger partial charge >= 0.3 is 0 Å². The van der Waals surface area contributed by atoms with Crippen LogP contribution in [0.15, 0.2) is 54.2 Å². The van der Waals surface area contributed by atoms with Crippen LogP contribution in [0.2, 0.25) is 0 Å². The maximum Gasteiger partial charge on any atom is 0.282 e. The zero-order valence-electron chi connectivity index (χ0n) is 17.4. The zero-order valence-corrected chi connectivity index (χ0v) is 17.4. The maximum atomic E-state index is 13.6. The smallest absolute Gasteiger partial charge is 0.282 e. The molecule has 0 atom stereocenters. The number of carbonyl (C=O) groups is 2. The van der Waals surface area contributed by atoms with Crippen molar-refractivity contribution in [1.29, 1.82) is 0 Å². The molecule has 156 valence electrons. The van der Waals surface area contributed by atoms with Gasteiger partial charge in [0.1, 0.15) is 17.2 Å². The van der Waals surface area contributed by atoms with E-state index >= 15 is 0 Å². The molecular weight excluding hydrogens is 382 g/mol. The number of hydrogen-bond donors (Lipinski definition) is 0. The first-order valence-corrected chi connectivity index (χ1v) is 9.88. The SMILES string of the molecule is COc1cc(OC)cc(N2C(=O)C(c3ccccc3)=C(N3CCN(C)CC3)C2=O)c1. The number of nitrogens with zero attached hydrogens (tertiary/aromatic N) is 3. The van der Waals surface area contributed by atoms with E-state index in [1.165, 1.54) is 19.1 Å². The topological polar surface area (TPSA) is 62.3 Å². The fraction of sp³-hybridized carbons (Fsp3) is 0.304. The van der Waals surface area contributed by atoms with Crippen molar-refractivity contribution in [3.05, 3.63) is 59.8 Å². The monoisotopic (exact) mass is 407 g/mol. The van der Waals surface area contributed by atoms with Crippen LogP contribution in [0.4, 0.5) is 5.69 Å². The van der Waals surface area contributed by atoms with Crippen LogP contribution in [-0.2, 0) is 9.59 Å². The molecule has 0 spiro atoms. The molecule has 0 aliphatic carbocycles. The molecule has 1 saturated heterocycles. The maximum absolute atomic E-state index is 13.6. The van der Waals surface area contributed by atoms with Crippen LogP contribution in [0.1, 0.15) is 5.56 Å². The number of benzene rings is 2. The Bertz CT molecular complexity index is 973. The van der Waals surface area contributed by atoms with E-state index in [9.17, 15) is 9.59 Å². The van der Waals surface area contributed by atoms with Gasteiger partial charge in [-0.15, -0.1) is 0 Å². The third kappa shape index (κ3) is 3.52. The van der Waals surface area contributed by atoms with E-state index in [4.69, 9.17) is 9.47 Å². The Morgan fingerprint density at radius 2 is 1.40 bits per heavy atom. The Hall–Kier alpha value is -3.32. The van der Waals surface area contributed by atoms with Gasteiger partial charge in [0, 0.05) is 44.4 Å². The lowest BCUT2D eigenvalue weighted by Gasteiger charge is -2.34. The van der Waals surface area contributed by atoms with Gasteiger partial charge < -0.3 is 19.3 Å². The number of hydrogen-bond acceptors (Lipinski definition) is 6. The molecule has 0 aromatic heterocycles. The molecule has 2 amide bonds. The zero-order chi connectivity index (χ0) is 21.3. The number of piperazine rings is 1. The summed E-state index contributed by atoms with van der Waals surface area (Å²) in [6.45, 7) is 3.05. The highest BCUT2D eigenvalue weighted by Gasteiger charge is 2.43. The van der Waals surface area contributed by atoms with Crippen LogP contribution in [0.25, 0.3) is 5.57 Å². The van der Waals surface area contributed by atoms with Gasteiger partial charge in [-0.05, 0) is 12.6 Å². The van der Waals surface area contributed by atoms with Crippen LogP contribution < -0.4 is 14.4 Å². The van der Waals surface area contributed by atoms with Gasteiger partial charge in [0.25, 0.3) is 11.8 Å². The molecule has 0 unspecified atom stereocenters. The van der Waals surface area contributed by atoms with Gasteiger partial charge in [0.2, 0.25) is 0 Å². The summed E-state index contributed by atoms with van der Waals surface area (Å²) in [4.78, 5) is 32.6. The summed E-state index contributed by atoms with van der Waals surface area (Å²) in [5.74, 6) is 0.368. The number of rotatable bonds is 5. The van der Waals surface area contributed by atoms with Crippen molar-refractivity contribution in [2.24, 2.45) is 0 Å². The largest absolute Gasteiger partial charge is 0.497 e. The number of likely N-dealkylation sites (N-methyl/N-ethyl adjacent to an activating group) is 1. The number of methoxy groups -OCH3 is 2. The van der Waals surface area contributed by atoms with Crippen LogP contribution in [0.3, 0.4) is 0 Å². The molecule has 7 heteroatoms. The molecule has 0 N–H and O–H groups in total. The van der Waals surface area contributed by atoms with Crippen molar-refractivity contribution >= 4 is 23.1 Å². The summed E-state index contributed by atoms with van der Waals surface area (Å²) in [7, 11) is 5.13. The summed E-state index contributed by atoms with van der Waals surface area (Å²) in [5.41, 5.74) is 2.06. The normalized spacial score (nSPS) is 17.7. The second-order valence-corrected chi connectivity index (χ2v) is 7.40. The quantitative estimate of drug-likeness (QED) is 0.709. The number of anilines is 1. The average molecular weight is 407 g/mol. The van der Waals surface area contributed by atoms with E-state index in [1.54, 1.807) is 18.2 Å². The van der Waals surface area contributed by atoms with Crippen molar-refractivity contribution in [3.63, 3.8) is 0 Å². The number of carbonyl (C=O) groups excluding carboxylic acids is 2. The Balaban J connectivity index is 1.81. The number of ether oxygens (including phenoxy) is 2. The Morgan fingerprint density at radius 3 is 1.97 bits per heavy atom. The lowest BCUT2D eigenvalue weighted by atomic mass is 10.0. The van der Waals surface area contributed by atoms with Gasteiger partial charge in [0.05, 0.1) is 25.5 Å². The lowest BCUT2D eigenvalue weighted by Crippen LogP contribution is -2.46. The molecule has 0 bridgehead atoms. The molecular formula is C23H25N3O4. The highest BCUT2D eigenvalue weighted by Crippen LogP contribution is 2.37. The second-order valence-electron chi connectivity index (χ2n) is 7.40. The predicted octanol–water partition coefficient (Wildman–Crippen LogP) is 2.24. The van der Waals surface area contributed by atoms with E-state index in [0.717, 1.165) is 18.7 Å². The molecule has 2 aliphatic rings. The summed E-state index contributed by atoms with van der Waals surface area (Å²) in [6, 6.07) is 14.4. The van der Waals surface area contributed by atoms with Gasteiger partial charge in [0.15, 0.2) is 0 Å². The predicted molar refractivity (Wildman–Crippen MR) is 114 cm³/mol. The van der Waals surface area contributed by atoms with Crippen LogP contribution in [-0.4, -0.2) is 69.1 Å². The van der Waals surface area contributed by atoms with Crippen molar-refractivity contribution < 1.29 is 19.1 Å². The molecule has 2 heterocycles.